The first-order valence-corrected chi connectivity index (χ1v) is 7.19. The van der Waals surface area contributed by atoms with E-state index in [4.69, 9.17) is 5.84 Å². The van der Waals surface area contributed by atoms with E-state index < -0.39 is 0 Å². The van der Waals surface area contributed by atoms with Crippen molar-refractivity contribution < 1.29 is 0 Å². The number of nitrogens with zero attached hydrogens (tertiary/aromatic N) is 2. The number of nitrogens with two attached hydrogens (primary N) is 1. The number of hydrogen-bond acceptors (Lipinski definition) is 4. The van der Waals surface area contributed by atoms with E-state index in [0.717, 1.165) is 11.5 Å². The smallest absolute Gasteiger partial charge is 0.115 e. The molecule has 0 saturated heterocycles. The molecule has 4 nitrogen and oxygen atoms in total. The van der Waals surface area contributed by atoms with E-state index in [2.05, 4.69) is 39.7 Å². The molecule has 1 saturated carbocycles. The van der Waals surface area contributed by atoms with Crippen molar-refractivity contribution in [2.75, 3.05) is 0 Å². The zero-order chi connectivity index (χ0) is 13.5. The van der Waals surface area contributed by atoms with Gasteiger partial charge in [0, 0.05) is 18.0 Å². The average Bonchev–Trinajstić information content (AvgIpc) is 3.24. The number of hydrazine groups is 1. The Hall–Kier alpha value is -1.78. The Bertz CT molecular complexity index is 613. The van der Waals surface area contributed by atoms with Gasteiger partial charge in [-0.2, -0.15) is 0 Å². The SMILES string of the molecule is NNC(c1cncnc1)C1C2CCc3ccccc3C21. The van der Waals surface area contributed by atoms with E-state index >= 15 is 0 Å². The molecule has 1 aromatic carbocycles. The molecular formula is C16H18N4. The predicted molar refractivity (Wildman–Crippen MR) is 76.6 cm³/mol. The first-order chi connectivity index (χ1) is 9.90. The molecule has 0 amide bonds. The lowest BCUT2D eigenvalue weighted by Gasteiger charge is -2.16. The molecule has 2 aliphatic rings. The predicted octanol–water partition coefficient (Wildman–Crippen LogP) is 1.96. The third kappa shape index (κ3) is 1.76. The third-order valence-corrected chi connectivity index (χ3v) is 4.89. The van der Waals surface area contributed by atoms with Crippen molar-refractivity contribution in [1.82, 2.24) is 15.4 Å². The van der Waals surface area contributed by atoms with Crippen LogP contribution in [0.3, 0.4) is 0 Å². The van der Waals surface area contributed by atoms with E-state index in [1.807, 2.05) is 12.4 Å². The molecule has 20 heavy (non-hydrogen) atoms. The van der Waals surface area contributed by atoms with Crippen molar-refractivity contribution in [3.05, 3.63) is 59.7 Å². The average molecular weight is 266 g/mol. The molecule has 4 unspecified atom stereocenters. The van der Waals surface area contributed by atoms with Gasteiger partial charge in [0.1, 0.15) is 6.33 Å². The highest BCUT2D eigenvalue weighted by Crippen LogP contribution is 2.63. The number of fused-ring (bicyclic) bond motifs is 3. The lowest BCUT2D eigenvalue weighted by Crippen LogP contribution is -2.30. The fraction of sp³-hybridized carbons (Fsp3) is 0.375. The Morgan fingerprint density at radius 2 is 2.00 bits per heavy atom. The Kier molecular flexibility index (Phi) is 2.79. The summed E-state index contributed by atoms with van der Waals surface area (Å²) in [5.41, 5.74) is 7.11. The number of aryl methyl sites for hydroxylation is 1. The summed E-state index contributed by atoms with van der Waals surface area (Å²) in [5, 5.41) is 0. The second-order valence-corrected chi connectivity index (χ2v) is 5.82. The lowest BCUT2D eigenvalue weighted by molar-refractivity contribution is 0.458. The monoisotopic (exact) mass is 266 g/mol. The molecule has 2 aliphatic carbocycles. The van der Waals surface area contributed by atoms with Crippen molar-refractivity contribution in [3.8, 4) is 0 Å². The van der Waals surface area contributed by atoms with Gasteiger partial charge in [-0.15, -0.1) is 0 Å². The van der Waals surface area contributed by atoms with E-state index in [1.54, 1.807) is 6.33 Å². The summed E-state index contributed by atoms with van der Waals surface area (Å²) in [5.74, 6) is 7.76. The minimum Gasteiger partial charge on any atom is -0.271 e. The highest BCUT2D eigenvalue weighted by Gasteiger charge is 2.56. The minimum absolute atomic E-state index is 0.150. The van der Waals surface area contributed by atoms with Gasteiger partial charge in [0.15, 0.2) is 0 Å². The van der Waals surface area contributed by atoms with Crippen molar-refractivity contribution in [2.45, 2.75) is 24.8 Å². The summed E-state index contributed by atoms with van der Waals surface area (Å²) in [6.07, 6.45) is 7.75. The molecule has 1 fully saturated rings. The van der Waals surface area contributed by atoms with E-state index in [9.17, 15) is 0 Å². The lowest BCUT2D eigenvalue weighted by atomic mass is 9.92. The van der Waals surface area contributed by atoms with Crippen molar-refractivity contribution in [2.24, 2.45) is 17.7 Å². The molecular weight excluding hydrogens is 248 g/mol. The number of rotatable bonds is 3. The Morgan fingerprint density at radius 1 is 1.20 bits per heavy atom. The highest BCUT2D eigenvalue weighted by molar-refractivity contribution is 5.40. The van der Waals surface area contributed by atoms with Gasteiger partial charge in [-0.1, -0.05) is 24.3 Å². The van der Waals surface area contributed by atoms with E-state index in [-0.39, 0.29) is 6.04 Å². The fourth-order valence-corrected chi connectivity index (χ4v) is 3.97. The van der Waals surface area contributed by atoms with Gasteiger partial charge in [-0.25, -0.2) is 9.97 Å². The van der Waals surface area contributed by atoms with Gasteiger partial charge in [-0.05, 0) is 41.7 Å². The Labute approximate surface area is 118 Å². The number of hydrogen-bond donors (Lipinski definition) is 2. The van der Waals surface area contributed by atoms with Crippen LogP contribution in [0, 0.1) is 11.8 Å². The van der Waals surface area contributed by atoms with Crippen LogP contribution in [0.25, 0.3) is 0 Å². The molecule has 1 heterocycles. The summed E-state index contributed by atoms with van der Waals surface area (Å²) in [4.78, 5) is 8.24. The third-order valence-electron chi connectivity index (χ3n) is 4.89. The van der Waals surface area contributed by atoms with Gasteiger partial charge in [0.25, 0.3) is 0 Å². The Morgan fingerprint density at radius 3 is 2.80 bits per heavy atom. The maximum absolute atomic E-state index is 5.81. The molecule has 0 radical (unpaired) electrons. The zero-order valence-electron chi connectivity index (χ0n) is 11.2. The highest BCUT2D eigenvalue weighted by atomic mass is 15.2. The van der Waals surface area contributed by atoms with Gasteiger partial charge < -0.3 is 0 Å². The van der Waals surface area contributed by atoms with E-state index in [0.29, 0.717) is 11.8 Å². The Balaban J connectivity index is 1.66. The van der Waals surface area contributed by atoms with Crippen LogP contribution >= 0.6 is 0 Å². The van der Waals surface area contributed by atoms with Crippen LogP contribution in [-0.4, -0.2) is 9.97 Å². The van der Waals surface area contributed by atoms with Gasteiger partial charge >= 0.3 is 0 Å². The number of nitrogens with one attached hydrogen (secondary N) is 1. The molecule has 2 aromatic rings. The normalized spacial score (nSPS) is 28.4. The first-order valence-electron chi connectivity index (χ1n) is 7.19. The summed E-state index contributed by atoms with van der Waals surface area (Å²) in [6.45, 7) is 0. The number of benzene rings is 1. The van der Waals surface area contributed by atoms with Crippen LogP contribution in [-0.2, 0) is 6.42 Å². The molecule has 102 valence electrons. The molecule has 4 rings (SSSR count). The maximum Gasteiger partial charge on any atom is 0.115 e. The summed E-state index contributed by atoms with van der Waals surface area (Å²) in [6, 6.07) is 8.98. The first kappa shape index (κ1) is 12.0. The van der Waals surface area contributed by atoms with Crippen molar-refractivity contribution in [3.63, 3.8) is 0 Å². The molecule has 0 spiro atoms. The van der Waals surface area contributed by atoms with Crippen molar-refractivity contribution in [1.29, 1.82) is 0 Å². The molecule has 0 bridgehead atoms. The summed E-state index contributed by atoms with van der Waals surface area (Å²) in [7, 11) is 0. The maximum atomic E-state index is 5.81. The van der Waals surface area contributed by atoms with Gasteiger partial charge in [0.2, 0.25) is 0 Å². The van der Waals surface area contributed by atoms with Crippen LogP contribution in [0.2, 0.25) is 0 Å². The second kappa shape index (κ2) is 4.65. The van der Waals surface area contributed by atoms with Crippen LogP contribution < -0.4 is 11.3 Å². The van der Waals surface area contributed by atoms with Gasteiger partial charge in [0.05, 0.1) is 6.04 Å². The second-order valence-electron chi connectivity index (χ2n) is 5.82. The van der Waals surface area contributed by atoms with Crippen LogP contribution in [0.5, 0.6) is 0 Å². The topological polar surface area (TPSA) is 63.8 Å². The number of aromatic nitrogens is 2. The summed E-state index contributed by atoms with van der Waals surface area (Å²) < 4.78 is 0. The molecule has 3 N–H and O–H groups in total. The molecule has 4 heteroatoms. The van der Waals surface area contributed by atoms with Crippen LogP contribution in [0.4, 0.5) is 0 Å². The molecule has 0 aliphatic heterocycles. The molecule has 1 aromatic heterocycles. The largest absolute Gasteiger partial charge is 0.271 e. The fourth-order valence-electron chi connectivity index (χ4n) is 3.97. The summed E-state index contributed by atoms with van der Waals surface area (Å²) >= 11 is 0. The van der Waals surface area contributed by atoms with E-state index in [1.165, 1.54) is 24.0 Å². The quantitative estimate of drug-likeness (QED) is 0.658. The minimum atomic E-state index is 0.150. The van der Waals surface area contributed by atoms with Crippen LogP contribution in [0.15, 0.2) is 43.0 Å². The standard InChI is InChI=1S/C16H18N4/c17-20-16(11-7-18-9-19-8-11)15-13-6-5-10-3-1-2-4-12(10)14(13)15/h1-4,7-9,13-16,20H,5-6,17H2. The zero-order valence-corrected chi connectivity index (χ0v) is 11.2. The van der Waals surface area contributed by atoms with Crippen LogP contribution in [0.1, 0.15) is 35.1 Å². The molecule has 4 atom stereocenters. The van der Waals surface area contributed by atoms with Crippen molar-refractivity contribution >= 4 is 0 Å². The van der Waals surface area contributed by atoms with Gasteiger partial charge in [-0.3, -0.25) is 11.3 Å².